The molecule has 0 aliphatic carbocycles. The highest BCUT2D eigenvalue weighted by Crippen LogP contribution is 2.25. The van der Waals surface area contributed by atoms with Gasteiger partial charge in [0.2, 0.25) is 5.91 Å². The van der Waals surface area contributed by atoms with Gasteiger partial charge >= 0.3 is 0 Å². The molecule has 1 aromatic carbocycles. The van der Waals surface area contributed by atoms with Crippen molar-refractivity contribution in [3.8, 4) is 10.7 Å². The molecule has 3 aromatic rings. The molecule has 108 valence electrons. The van der Waals surface area contributed by atoms with Crippen molar-refractivity contribution in [1.82, 2.24) is 14.9 Å². The molecule has 0 atom stereocenters. The van der Waals surface area contributed by atoms with Gasteiger partial charge in [0.1, 0.15) is 5.82 Å². The number of hydrogen-bond acceptors (Lipinski definition) is 4. The van der Waals surface area contributed by atoms with Crippen molar-refractivity contribution >= 4 is 34.0 Å². The van der Waals surface area contributed by atoms with E-state index in [1.54, 1.807) is 11.3 Å². The molecule has 2 N–H and O–H groups in total. The van der Waals surface area contributed by atoms with Crippen LogP contribution in [-0.4, -0.2) is 41.4 Å². The molecule has 0 spiro atoms. The Kier molecular flexibility index (Phi) is 3.72. The zero-order chi connectivity index (χ0) is 14.8. The highest BCUT2D eigenvalue weighted by atomic mass is 32.1. The highest BCUT2D eigenvalue weighted by Gasteiger charge is 2.08. The number of nitrogens with one attached hydrogen (secondary N) is 2. The number of carbonyl (C=O) groups is 1. The minimum absolute atomic E-state index is 0.0302. The van der Waals surface area contributed by atoms with Crippen molar-refractivity contribution in [2.45, 2.75) is 0 Å². The second kappa shape index (κ2) is 5.67. The van der Waals surface area contributed by atoms with Crippen molar-refractivity contribution in [2.75, 3.05) is 26.0 Å². The van der Waals surface area contributed by atoms with Crippen molar-refractivity contribution in [3.05, 3.63) is 35.7 Å². The molecule has 0 radical (unpaired) electrons. The van der Waals surface area contributed by atoms with Gasteiger partial charge in [0.05, 0.1) is 22.5 Å². The largest absolute Gasteiger partial charge is 0.337 e. The first-order valence-corrected chi connectivity index (χ1v) is 7.48. The van der Waals surface area contributed by atoms with Gasteiger partial charge in [-0.3, -0.25) is 4.79 Å². The molecule has 3 rings (SSSR count). The van der Waals surface area contributed by atoms with E-state index in [1.165, 1.54) is 0 Å². The van der Waals surface area contributed by atoms with Crippen LogP contribution in [0.25, 0.3) is 21.7 Å². The lowest BCUT2D eigenvalue weighted by Gasteiger charge is -2.09. The molecule has 0 aliphatic rings. The molecule has 0 aliphatic heterocycles. The topological polar surface area (TPSA) is 61.0 Å². The van der Waals surface area contributed by atoms with Gasteiger partial charge in [-0.25, -0.2) is 4.98 Å². The van der Waals surface area contributed by atoms with E-state index < -0.39 is 0 Å². The lowest BCUT2D eigenvalue weighted by molar-refractivity contribution is -0.116. The lowest BCUT2D eigenvalue weighted by atomic mass is 10.2. The number of H-pyrrole nitrogens is 1. The van der Waals surface area contributed by atoms with Crippen LogP contribution in [0.1, 0.15) is 0 Å². The third-order valence-corrected chi connectivity index (χ3v) is 3.86. The number of benzene rings is 1. The van der Waals surface area contributed by atoms with Gasteiger partial charge in [0, 0.05) is 5.69 Å². The summed E-state index contributed by atoms with van der Waals surface area (Å²) in [4.78, 5) is 22.6. The van der Waals surface area contributed by atoms with Crippen molar-refractivity contribution in [3.63, 3.8) is 0 Å². The fourth-order valence-corrected chi connectivity index (χ4v) is 2.77. The maximum Gasteiger partial charge on any atom is 0.238 e. The van der Waals surface area contributed by atoms with Gasteiger partial charge in [0.15, 0.2) is 0 Å². The third kappa shape index (κ3) is 3.12. The molecule has 2 heterocycles. The van der Waals surface area contributed by atoms with E-state index >= 15 is 0 Å². The van der Waals surface area contributed by atoms with E-state index in [0.717, 1.165) is 27.4 Å². The van der Waals surface area contributed by atoms with Crippen LogP contribution in [0.2, 0.25) is 0 Å². The number of hydrogen-bond donors (Lipinski definition) is 2. The number of thiophene rings is 1. The standard InChI is InChI=1S/C15H16N4OS/c1-19(2)9-14(20)16-10-5-6-11-12(8-10)18-15(17-11)13-4-3-7-21-13/h3-8H,9H2,1-2H3,(H,16,20)(H,17,18). The van der Waals surface area contributed by atoms with Gasteiger partial charge < -0.3 is 15.2 Å². The lowest BCUT2D eigenvalue weighted by Crippen LogP contribution is -2.27. The molecule has 2 aromatic heterocycles. The number of anilines is 1. The Hall–Kier alpha value is -2.18. The Morgan fingerprint density at radius 1 is 1.38 bits per heavy atom. The zero-order valence-electron chi connectivity index (χ0n) is 11.9. The van der Waals surface area contributed by atoms with Crippen LogP contribution in [-0.2, 0) is 4.79 Å². The predicted octanol–water partition coefficient (Wildman–Crippen LogP) is 2.79. The number of imidazole rings is 1. The van der Waals surface area contributed by atoms with Gasteiger partial charge in [-0.05, 0) is 43.7 Å². The molecule has 0 saturated carbocycles. The maximum atomic E-state index is 11.8. The molecule has 0 saturated heterocycles. The molecule has 5 nitrogen and oxygen atoms in total. The summed E-state index contributed by atoms with van der Waals surface area (Å²) in [5.74, 6) is 0.828. The average molecular weight is 300 g/mol. The quantitative estimate of drug-likeness (QED) is 0.779. The fourth-order valence-electron chi connectivity index (χ4n) is 2.11. The summed E-state index contributed by atoms with van der Waals surface area (Å²) in [6, 6.07) is 9.72. The molecule has 6 heteroatoms. The van der Waals surface area contributed by atoms with Crippen molar-refractivity contribution in [1.29, 1.82) is 0 Å². The van der Waals surface area contributed by atoms with Crippen molar-refractivity contribution in [2.24, 2.45) is 0 Å². The van der Waals surface area contributed by atoms with Crippen LogP contribution >= 0.6 is 11.3 Å². The predicted molar refractivity (Wildman–Crippen MR) is 86.6 cm³/mol. The molecule has 0 fully saturated rings. The Labute approximate surface area is 126 Å². The Morgan fingerprint density at radius 2 is 2.24 bits per heavy atom. The summed E-state index contributed by atoms with van der Waals surface area (Å²) < 4.78 is 0. The molecule has 1 amide bonds. The van der Waals surface area contributed by atoms with Gasteiger partial charge in [-0.2, -0.15) is 0 Å². The number of fused-ring (bicyclic) bond motifs is 1. The van der Waals surface area contributed by atoms with Crippen LogP contribution in [0, 0.1) is 0 Å². The van der Waals surface area contributed by atoms with Gasteiger partial charge in [0.25, 0.3) is 0 Å². The summed E-state index contributed by atoms with van der Waals surface area (Å²) in [5, 5.41) is 4.91. The van der Waals surface area contributed by atoms with E-state index in [-0.39, 0.29) is 5.91 Å². The average Bonchev–Trinajstić information content (AvgIpc) is 3.05. The number of rotatable bonds is 4. The summed E-state index contributed by atoms with van der Waals surface area (Å²) in [5.41, 5.74) is 2.58. The van der Waals surface area contributed by atoms with Crippen LogP contribution in [0.5, 0.6) is 0 Å². The molecule has 21 heavy (non-hydrogen) atoms. The smallest absolute Gasteiger partial charge is 0.238 e. The minimum Gasteiger partial charge on any atom is -0.337 e. The third-order valence-electron chi connectivity index (χ3n) is 2.98. The zero-order valence-corrected chi connectivity index (χ0v) is 12.7. The number of amides is 1. The number of aromatic nitrogens is 2. The Morgan fingerprint density at radius 3 is 2.95 bits per heavy atom. The number of nitrogens with zero attached hydrogens (tertiary/aromatic N) is 2. The van der Waals surface area contributed by atoms with Crippen molar-refractivity contribution < 1.29 is 4.79 Å². The van der Waals surface area contributed by atoms with Crippen LogP contribution in [0.15, 0.2) is 35.7 Å². The van der Waals surface area contributed by atoms with E-state index in [1.807, 2.05) is 54.7 Å². The molecular weight excluding hydrogens is 284 g/mol. The van der Waals surface area contributed by atoms with E-state index in [9.17, 15) is 4.79 Å². The summed E-state index contributed by atoms with van der Waals surface area (Å²) >= 11 is 1.64. The van der Waals surface area contributed by atoms with Crippen LogP contribution in [0.3, 0.4) is 0 Å². The summed E-state index contributed by atoms with van der Waals surface area (Å²) in [6.07, 6.45) is 0. The highest BCUT2D eigenvalue weighted by molar-refractivity contribution is 7.13. The number of carbonyl (C=O) groups excluding carboxylic acids is 1. The minimum atomic E-state index is -0.0302. The van der Waals surface area contributed by atoms with Crippen LogP contribution in [0.4, 0.5) is 5.69 Å². The van der Waals surface area contributed by atoms with E-state index in [4.69, 9.17) is 0 Å². The van der Waals surface area contributed by atoms with Crippen LogP contribution < -0.4 is 5.32 Å². The summed E-state index contributed by atoms with van der Waals surface area (Å²) in [7, 11) is 3.73. The number of likely N-dealkylation sites (N-methyl/N-ethyl adjacent to an activating group) is 1. The first kappa shape index (κ1) is 13.8. The summed E-state index contributed by atoms with van der Waals surface area (Å²) in [6.45, 7) is 0.363. The second-order valence-corrected chi connectivity index (χ2v) is 6.03. The second-order valence-electron chi connectivity index (χ2n) is 5.08. The monoisotopic (exact) mass is 300 g/mol. The Balaban J connectivity index is 1.85. The molecule has 0 bridgehead atoms. The normalized spacial score (nSPS) is 11.2. The molecular formula is C15H16N4OS. The Bertz CT molecular complexity index is 761. The van der Waals surface area contributed by atoms with E-state index in [2.05, 4.69) is 15.3 Å². The fraction of sp³-hybridized carbons (Fsp3) is 0.200. The maximum absolute atomic E-state index is 11.8. The SMILES string of the molecule is CN(C)CC(=O)Nc1ccc2nc(-c3cccs3)[nH]c2c1. The van der Waals surface area contributed by atoms with Gasteiger partial charge in [-0.1, -0.05) is 6.07 Å². The first-order chi connectivity index (χ1) is 10.1. The first-order valence-electron chi connectivity index (χ1n) is 6.60. The van der Waals surface area contributed by atoms with E-state index in [0.29, 0.717) is 6.54 Å². The number of aromatic amines is 1. The molecule has 0 unspecified atom stereocenters. The van der Waals surface area contributed by atoms with Gasteiger partial charge in [-0.15, -0.1) is 11.3 Å².